The summed E-state index contributed by atoms with van der Waals surface area (Å²) in [6.07, 6.45) is 1.96. The number of benzene rings is 6. The van der Waals surface area contributed by atoms with Crippen LogP contribution in [0.1, 0.15) is 22.3 Å². The Labute approximate surface area is 220 Å². The summed E-state index contributed by atoms with van der Waals surface area (Å²) in [5, 5.41) is 26.5. The highest BCUT2D eigenvalue weighted by Crippen LogP contribution is 2.46. The molecule has 0 N–H and O–H groups in total. The maximum atomic E-state index is 9.50. The second-order valence-corrected chi connectivity index (χ2v) is 10.3. The second-order valence-electron chi connectivity index (χ2n) is 10.3. The zero-order valence-electron chi connectivity index (χ0n) is 20.7. The van der Waals surface area contributed by atoms with E-state index >= 15 is 0 Å². The van der Waals surface area contributed by atoms with Crippen LogP contribution in [0.2, 0.25) is 0 Å². The minimum atomic E-state index is 0.698. The lowest BCUT2D eigenvalue weighted by atomic mass is 9.92. The van der Waals surface area contributed by atoms with Gasteiger partial charge in [0.2, 0.25) is 0 Å². The van der Waals surface area contributed by atoms with E-state index in [0.29, 0.717) is 11.1 Å². The van der Waals surface area contributed by atoms with Crippen LogP contribution >= 0.6 is 0 Å². The molecule has 0 radical (unpaired) electrons. The molecule has 6 aromatic carbocycles. The lowest BCUT2D eigenvalue weighted by Crippen LogP contribution is -2.14. The third-order valence-electron chi connectivity index (χ3n) is 8.42. The van der Waals surface area contributed by atoms with Crippen LogP contribution in [0.25, 0.3) is 32.3 Å². The van der Waals surface area contributed by atoms with Crippen molar-refractivity contribution < 1.29 is 0 Å². The Morgan fingerprint density at radius 1 is 0.500 bits per heavy atom. The standard InChI is InChI=1S/C34H22N4/c35-19-21-1-3-23-13-15-37(31(23)17-21)29-11-7-25-6-10-28-30(12-8-26-5-9-27(29)33(25)34(26)28)38-16-14-24-4-2-22(20-36)18-32(24)38/h1-12,17-18H,13-16H2. The zero-order chi connectivity index (χ0) is 25.4. The molecule has 4 nitrogen and oxygen atoms in total. The van der Waals surface area contributed by atoms with Gasteiger partial charge in [-0.1, -0.05) is 48.5 Å². The molecule has 4 heteroatoms. The van der Waals surface area contributed by atoms with Gasteiger partial charge in [-0.2, -0.15) is 10.5 Å². The number of nitriles is 2. The molecule has 178 valence electrons. The van der Waals surface area contributed by atoms with Crippen molar-refractivity contribution in [3.05, 3.63) is 107 Å². The van der Waals surface area contributed by atoms with E-state index in [4.69, 9.17) is 0 Å². The third kappa shape index (κ3) is 2.83. The average Bonchev–Trinajstić information content (AvgIpc) is 3.59. The van der Waals surface area contributed by atoms with Crippen molar-refractivity contribution in [1.82, 2.24) is 0 Å². The second kappa shape index (κ2) is 7.72. The maximum Gasteiger partial charge on any atom is 0.0992 e. The summed E-state index contributed by atoms with van der Waals surface area (Å²) in [4.78, 5) is 4.76. The summed E-state index contributed by atoms with van der Waals surface area (Å²) < 4.78 is 0. The number of hydrogen-bond acceptors (Lipinski definition) is 4. The predicted octanol–water partition coefficient (Wildman–Crippen LogP) is 7.72. The summed E-state index contributed by atoms with van der Waals surface area (Å²) >= 11 is 0. The first-order valence-electron chi connectivity index (χ1n) is 13.1. The minimum absolute atomic E-state index is 0.698. The van der Waals surface area contributed by atoms with Crippen molar-refractivity contribution in [2.75, 3.05) is 22.9 Å². The molecule has 0 spiro atoms. The fourth-order valence-corrected chi connectivity index (χ4v) is 6.64. The van der Waals surface area contributed by atoms with E-state index < -0.39 is 0 Å². The van der Waals surface area contributed by atoms with Gasteiger partial charge >= 0.3 is 0 Å². The van der Waals surface area contributed by atoms with Gasteiger partial charge in [0.05, 0.1) is 23.3 Å². The first-order chi connectivity index (χ1) is 18.7. The maximum absolute atomic E-state index is 9.50. The first kappa shape index (κ1) is 21.1. The van der Waals surface area contributed by atoms with Crippen molar-refractivity contribution in [3.63, 3.8) is 0 Å². The van der Waals surface area contributed by atoms with Gasteiger partial charge in [0, 0.05) is 46.6 Å². The van der Waals surface area contributed by atoms with Gasteiger partial charge in [-0.15, -0.1) is 0 Å². The largest absolute Gasteiger partial charge is 0.340 e. The fraction of sp³-hybridized carbons (Fsp3) is 0.118. The molecule has 0 unspecified atom stereocenters. The van der Waals surface area contributed by atoms with Gasteiger partial charge < -0.3 is 9.80 Å². The van der Waals surface area contributed by atoms with Crippen LogP contribution in [0.5, 0.6) is 0 Å². The van der Waals surface area contributed by atoms with E-state index in [1.807, 2.05) is 24.3 Å². The molecule has 0 bridgehead atoms. The van der Waals surface area contributed by atoms with Gasteiger partial charge in [0.1, 0.15) is 0 Å². The Bertz CT molecular complexity index is 1880. The van der Waals surface area contributed by atoms with Gasteiger partial charge in [-0.3, -0.25) is 0 Å². The third-order valence-corrected chi connectivity index (χ3v) is 8.42. The van der Waals surface area contributed by atoms with E-state index in [0.717, 1.165) is 37.3 Å². The minimum Gasteiger partial charge on any atom is -0.340 e. The average molecular weight is 487 g/mol. The molecule has 0 aromatic heterocycles. The van der Waals surface area contributed by atoms with Crippen LogP contribution in [0.4, 0.5) is 22.7 Å². The van der Waals surface area contributed by atoms with E-state index in [9.17, 15) is 10.5 Å². The first-order valence-corrected chi connectivity index (χ1v) is 13.1. The van der Waals surface area contributed by atoms with E-state index in [2.05, 4.69) is 82.6 Å². The van der Waals surface area contributed by atoms with Gasteiger partial charge in [-0.25, -0.2) is 0 Å². The fourth-order valence-electron chi connectivity index (χ4n) is 6.64. The lowest BCUT2D eigenvalue weighted by Gasteiger charge is -2.25. The summed E-state index contributed by atoms with van der Waals surface area (Å²) in [6.45, 7) is 1.82. The summed E-state index contributed by atoms with van der Waals surface area (Å²) in [6, 6.07) is 34.6. The van der Waals surface area contributed by atoms with Gasteiger partial charge in [0.15, 0.2) is 0 Å². The molecule has 0 saturated heterocycles. The van der Waals surface area contributed by atoms with Gasteiger partial charge in [0.25, 0.3) is 0 Å². The molecule has 6 aromatic rings. The normalized spacial score (nSPS) is 14.3. The van der Waals surface area contributed by atoms with E-state index in [-0.39, 0.29) is 0 Å². The Kier molecular flexibility index (Phi) is 4.28. The molecule has 38 heavy (non-hydrogen) atoms. The summed E-state index contributed by atoms with van der Waals surface area (Å²) in [5.41, 5.74) is 8.64. The highest BCUT2D eigenvalue weighted by atomic mass is 15.2. The smallest absolute Gasteiger partial charge is 0.0992 e. The Morgan fingerprint density at radius 3 is 1.39 bits per heavy atom. The topological polar surface area (TPSA) is 54.1 Å². The summed E-state index contributed by atoms with van der Waals surface area (Å²) in [5.74, 6) is 0. The molecule has 0 fully saturated rings. The van der Waals surface area contributed by atoms with Gasteiger partial charge in [-0.05, 0) is 81.9 Å². The quantitative estimate of drug-likeness (QED) is 0.235. The molecule has 0 amide bonds. The molecule has 2 heterocycles. The highest BCUT2D eigenvalue weighted by Gasteiger charge is 2.26. The van der Waals surface area contributed by atoms with Crippen molar-refractivity contribution in [2.45, 2.75) is 12.8 Å². The van der Waals surface area contributed by atoms with Crippen LogP contribution in [0.15, 0.2) is 84.9 Å². The van der Waals surface area contributed by atoms with E-state index in [1.165, 1.54) is 54.8 Å². The number of rotatable bonds is 2. The van der Waals surface area contributed by atoms with Crippen molar-refractivity contribution in [2.24, 2.45) is 0 Å². The van der Waals surface area contributed by atoms with E-state index in [1.54, 1.807) is 0 Å². The molecule has 0 aliphatic carbocycles. The van der Waals surface area contributed by atoms with Crippen molar-refractivity contribution in [1.29, 1.82) is 10.5 Å². The molecule has 0 atom stereocenters. The predicted molar refractivity (Wildman–Crippen MR) is 154 cm³/mol. The van der Waals surface area contributed by atoms with Crippen LogP contribution < -0.4 is 9.80 Å². The molecule has 2 aliphatic rings. The number of nitrogens with zero attached hydrogens (tertiary/aromatic N) is 4. The molecular weight excluding hydrogens is 464 g/mol. The van der Waals surface area contributed by atoms with Crippen molar-refractivity contribution >= 4 is 55.1 Å². The number of hydrogen-bond donors (Lipinski definition) is 0. The van der Waals surface area contributed by atoms with Crippen LogP contribution in [0, 0.1) is 22.7 Å². The Hall–Kier alpha value is -5.06. The molecule has 0 saturated carbocycles. The molecule has 2 aliphatic heterocycles. The van der Waals surface area contributed by atoms with Crippen LogP contribution in [0.3, 0.4) is 0 Å². The molecular formula is C34H22N4. The number of fused-ring (bicyclic) bond motifs is 2. The summed E-state index contributed by atoms with van der Waals surface area (Å²) in [7, 11) is 0. The zero-order valence-corrected chi connectivity index (χ0v) is 20.7. The lowest BCUT2D eigenvalue weighted by molar-refractivity contribution is 1.00. The Balaban J connectivity index is 1.36. The van der Waals surface area contributed by atoms with Crippen LogP contribution in [-0.2, 0) is 12.8 Å². The molecule has 8 rings (SSSR count). The Morgan fingerprint density at radius 2 is 0.947 bits per heavy atom. The SMILES string of the molecule is N#Cc1ccc2c(c1)N(c1ccc3ccc4c(N5CCc6ccc(C#N)cc65)ccc5ccc1c3c54)CC2. The monoisotopic (exact) mass is 486 g/mol. The number of anilines is 4. The van der Waals surface area contributed by atoms with Crippen LogP contribution in [-0.4, -0.2) is 13.1 Å². The highest BCUT2D eigenvalue weighted by molar-refractivity contribution is 6.27. The van der Waals surface area contributed by atoms with Crippen molar-refractivity contribution in [3.8, 4) is 12.1 Å².